The Morgan fingerprint density at radius 2 is 1.84 bits per heavy atom. The average Bonchev–Trinajstić information content (AvgIpc) is 2.41. The van der Waals surface area contributed by atoms with Gasteiger partial charge in [0, 0.05) is 26.2 Å². The fraction of sp³-hybridized carbons (Fsp3) is 0.929. The first-order chi connectivity index (χ1) is 8.77. The molecule has 0 bridgehead atoms. The van der Waals surface area contributed by atoms with Crippen molar-refractivity contribution in [3.05, 3.63) is 0 Å². The van der Waals surface area contributed by atoms with Crippen LogP contribution < -0.4 is 5.73 Å². The topological polar surface area (TPSA) is 50.8 Å². The molecule has 1 aliphatic carbocycles. The number of hydrogen-bond acceptors (Lipinski definition) is 2. The quantitative estimate of drug-likeness (QED) is 0.318. The van der Waals surface area contributed by atoms with Crippen LogP contribution in [0, 0.1) is 0 Å². The lowest BCUT2D eigenvalue weighted by Crippen LogP contribution is -2.37. The van der Waals surface area contributed by atoms with Gasteiger partial charge in [0.2, 0.25) is 0 Å². The number of guanidine groups is 1. The van der Waals surface area contributed by atoms with Crippen LogP contribution in [0.3, 0.4) is 0 Å². The van der Waals surface area contributed by atoms with Gasteiger partial charge >= 0.3 is 0 Å². The highest BCUT2D eigenvalue weighted by molar-refractivity contribution is 14.0. The molecule has 0 radical (unpaired) electrons. The lowest BCUT2D eigenvalue weighted by Gasteiger charge is -2.22. The zero-order valence-corrected chi connectivity index (χ0v) is 14.8. The van der Waals surface area contributed by atoms with E-state index in [1.54, 1.807) is 0 Å². The van der Waals surface area contributed by atoms with Gasteiger partial charge in [-0.3, -0.25) is 4.99 Å². The zero-order valence-electron chi connectivity index (χ0n) is 12.4. The Bertz CT molecular complexity index is 239. The molecule has 4 nitrogen and oxygen atoms in total. The monoisotopic (exact) mass is 383 g/mol. The average molecular weight is 383 g/mol. The van der Waals surface area contributed by atoms with E-state index in [1.807, 2.05) is 0 Å². The van der Waals surface area contributed by atoms with Gasteiger partial charge in [-0.25, -0.2) is 0 Å². The van der Waals surface area contributed by atoms with Crippen molar-refractivity contribution in [1.82, 2.24) is 4.90 Å². The maximum atomic E-state index is 5.90. The molecular formula is C14H30IN3O. The Balaban J connectivity index is 0.00000324. The fourth-order valence-corrected chi connectivity index (χ4v) is 2.39. The van der Waals surface area contributed by atoms with Crippen molar-refractivity contribution in [3.63, 3.8) is 0 Å². The molecule has 0 atom stereocenters. The molecule has 114 valence electrons. The first-order valence-electron chi connectivity index (χ1n) is 7.44. The summed E-state index contributed by atoms with van der Waals surface area (Å²) in [5.74, 6) is 0.665. The van der Waals surface area contributed by atoms with Crippen LogP contribution in [0.15, 0.2) is 4.99 Å². The third-order valence-electron chi connectivity index (χ3n) is 3.57. The molecule has 19 heavy (non-hydrogen) atoms. The molecule has 0 aliphatic heterocycles. The zero-order chi connectivity index (χ0) is 13.2. The van der Waals surface area contributed by atoms with Gasteiger partial charge < -0.3 is 15.4 Å². The van der Waals surface area contributed by atoms with Gasteiger partial charge in [-0.05, 0) is 33.1 Å². The van der Waals surface area contributed by atoms with Crippen LogP contribution in [0.5, 0.6) is 0 Å². The molecule has 5 heteroatoms. The molecule has 1 fully saturated rings. The third-order valence-corrected chi connectivity index (χ3v) is 3.57. The highest BCUT2D eigenvalue weighted by Crippen LogP contribution is 2.20. The van der Waals surface area contributed by atoms with Crippen LogP contribution >= 0.6 is 24.0 Å². The molecule has 0 aromatic rings. The Kier molecular flexibility index (Phi) is 11.7. The van der Waals surface area contributed by atoms with Gasteiger partial charge in [0.05, 0.1) is 6.10 Å². The van der Waals surface area contributed by atoms with Gasteiger partial charge in [0.1, 0.15) is 0 Å². The van der Waals surface area contributed by atoms with Gasteiger partial charge in [-0.15, -0.1) is 24.0 Å². The van der Waals surface area contributed by atoms with E-state index in [0.29, 0.717) is 12.1 Å². The number of aliphatic imine (C=N–C) groups is 1. The maximum Gasteiger partial charge on any atom is 0.191 e. The lowest BCUT2D eigenvalue weighted by molar-refractivity contribution is 0.0281. The first-order valence-corrected chi connectivity index (χ1v) is 7.44. The molecule has 0 aromatic carbocycles. The molecule has 0 spiro atoms. The number of ether oxygens (including phenoxy) is 1. The molecule has 0 heterocycles. The summed E-state index contributed by atoms with van der Waals surface area (Å²) in [6.07, 6.45) is 8.00. The normalized spacial score (nSPS) is 17.1. The summed E-state index contributed by atoms with van der Waals surface area (Å²) in [6, 6.07) is 0. The summed E-state index contributed by atoms with van der Waals surface area (Å²) in [5.41, 5.74) is 5.90. The van der Waals surface area contributed by atoms with Crippen molar-refractivity contribution < 1.29 is 4.74 Å². The fourth-order valence-electron chi connectivity index (χ4n) is 2.39. The minimum atomic E-state index is 0. The summed E-state index contributed by atoms with van der Waals surface area (Å²) in [7, 11) is 0. The van der Waals surface area contributed by atoms with E-state index >= 15 is 0 Å². The van der Waals surface area contributed by atoms with Crippen molar-refractivity contribution in [2.24, 2.45) is 10.7 Å². The van der Waals surface area contributed by atoms with Crippen LogP contribution in [0.1, 0.15) is 52.4 Å². The molecule has 1 rings (SSSR count). The van der Waals surface area contributed by atoms with E-state index in [-0.39, 0.29) is 24.0 Å². The number of hydrogen-bond donors (Lipinski definition) is 1. The second kappa shape index (κ2) is 11.8. The Hall–Kier alpha value is -0.0400. The standard InChI is InChI=1S/C14H29N3O.HI/c1-3-17(4-2)14(15)16-11-8-12-18-13-9-6-5-7-10-13;/h13H,3-12H2,1-2H3,(H2,15,16);1H. The van der Waals surface area contributed by atoms with E-state index in [1.165, 1.54) is 32.1 Å². The smallest absolute Gasteiger partial charge is 0.191 e. The predicted octanol–water partition coefficient (Wildman–Crippen LogP) is 3.00. The maximum absolute atomic E-state index is 5.90. The summed E-state index contributed by atoms with van der Waals surface area (Å²) in [4.78, 5) is 6.46. The number of nitrogens with two attached hydrogens (primary N) is 1. The summed E-state index contributed by atoms with van der Waals surface area (Å²) in [5, 5.41) is 0. The van der Waals surface area contributed by atoms with E-state index in [2.05, 4.69) is 23.7 Å². The third kappa shape index (κ3) is 7.97. The molecule has 0 amide bonds. The molecular weight excluding hydrogens is 353 g/mol. The van der Waals surface area contributed by atoms with E-state index in [9.17, 15) is 0 Å². The highest BCUT2D eigenvalue weighted by atomic mass is 127. The number of halogens is 1. The second-order valence-corrected chi connectivity index (χ2v) is 4.90. The van der Waals surface area contributed by atoms with Gasteiger partial charge in [0.25, 0.3) is 0 Å². The van der Waals surface area contributed by atoms with Gasteiger partial charge in [-0.2, -0.15) is 0 Å². The Morgan fingerprint density at radius 3 is 2.42 bits per heavy atom. The van der Waals surface area contributed by atoms with E-state index in [0.717, 1.165) is 32.7 Å². The molecule has 0 saturated heterocycles. The van der Waals surface area contributed by atoms with Crippen molar-refractivity contribution in [2.75, 3.05) is 26.2 Å². The van der Waals surface area contributed by atoms with Crippen LogP contribution in [-0.2, 0) is 4.74 Å². The highest BCUT2D eigenvalue weighted by Gasteiger charge is 2.12. The molecule has 0 unspecified atom stereocenters. The SMILES string of the molecule is CCN(CC)C(N)=NCCCOC1CCCCC1.I. The Morgan fingerprint density at radius 1 is 1.21 bits per heavy atom. The minimum Gasteiger partial charge on any atom is -0.378 e. The van der Waals surface area contributed by atoms with E-state index < -0.39 is 0 Å². The second-order valence-electron chi connectivity index (χ2n) is 4.90. The van der Waals surface area contributed by atoms with Crippen molar-refractivity contribution >= 4 is 29.9 Å². The number of rotatable bonds is 7. The molecule has 1 saturated carbocycles. The minimum absolute atomic E-state index is 0. The lowest BCUT2D eigenvalue weighted by atomic mass is 9.98. The van der Waals surface area contributed by atoms with Gasteiger partial charge in [0.15, 0.2) is 5.96 Å². The summed E-state index contributed by atoms with van der Waals surface area (Å²) >= 11 is 0. The summed E-state index contributed by atoms with van der Waals surface area (Å²) in [6.45, 7) is 7.62. The summed E-state index contributed by atoms with van der Waals surface area (Å²) < 4.78 is 5.85. The van der Waals surface area contributed by atoms with Crippen LogP contribution in [0.2, 0.25) is 0 Å². The van der Waals surface area contributed by atoms with E-state index in [4.69, 9.17) is 10.5 Å². The van der Waals surface area contributed by atoms with Crippen LogP contribution in [0.25, 0.3) is 0 Å². The molecule has 2 N–H and O–H groups in total. The molecule has 0 aromatic heterocycles. The first kappa shape index (κ1) is 19.0. The van der Waals surface area contributed by atoms with Crippen molar-refractivity contribution in [2.45, 2.75) is 58.5 Å². The van der Waals surface area contributed by atoms with Crippen molar-refractivity contribution in [3.8, 4) is 0 Å². The van der Waals surface area contributed by atoms with Crippen LogP contribution in [-0.4, -0.2) is 43.2 Å². The molecule has 1 aliphatic rings. The van der Waals surface area contributed by atoms with Gasteiger partial charge in [-0.1, -0.05) is 19.3 Å². The predicted molar refractivity (Wildman–Crippen MR) is 92.3 cm³/mol. The largest absolute Gasteiger partial charge is 0.378 e. The number of nitrogens with zero attached hydrogens (tertiary/aromatic N) is 2. The Labute approximate surface area is 135 Å². The van der Waals surface area contributed by atoms with Crippen LogP contribution in [0.4, 0.5) is 0 Å². The van der Waals surface area contributed by atoms with Crippen molar-refractivity contribution in [1.29, 1.82) is 0 Å².